The quantitative estimate of drug-likeness (QED) is 0.665. The normalized spacial score (nSPS) is 13.8. The van der Waals surface area contributed by atoms with Crippen LogP contribution in [-0.2, 0) is 11.8 Å². The number of aromatic hydroxyl groups is 1. The summed E-state index contributed by atoms with van der Waals surface area (Å²) in [5.74, 6) is 0.279. The van der Waals surface area contributed by atoms with E-state index >= 15 is 0 Å². The molecule has 2 heteroatoms. The van der Waals surface area contributed by atoms with Crippen molar-refractivity contribution in [2.75, 3.05) is 0 Å². The fourth-order valence-electron chi connectivity index (χ4n) is 3.20. The van der Waals surface area contributed by atoms with Crippen LogP contribution in [0, 0.1) is 13.8 Å². The van der Waals surface area contributed by atoms with Gasteiger partial charge in [0.2, 0.25) is 0 Å². The minimum absolute atomic E-state index is 0.0406. The van der Waals surface area contributed by atoms with E-state index in [1.54, 1.807) is 0 Å². The molecule has 0 heterocycles. The minimum Gasteiger partial charge on any atom is -0.508 e. The molecule has 0 saturated carbocycles. The van der Waals surface area contributed by atoms with Crippen molar-refractivity contribution in [2.24, 2.45) is 0 Å². The van der Waals surface area contributed by atoms with E-state index in [-0.39, 0.29) is 16.9 Å². The van der Waals surface area contributed by atoms with Crippen LogP contribution >= 0.6 is 0 Å². The number of hydrogen-bond acceptors (Lipinski definition) is 2. The SMILES string of the molecule is Cc1ccc(C)c2c1Cc1c(O)cc(C(C)(C)C)cc1C2=O. The molecule has 1 aliphatic carbocycles. The molecule has 0 unspecified atom stereocenters. The summed E-state index contributed by atoms with van der Waals surface area (Å²) in [5, 5.41) is 10.5. The number of carbonyl (C=O) groups excluding carboxylic acids is 1. The van der Waals surface area contributed by atoms with Gasteiger partial charge in [-0.3, -0.25) is 4.79 Å². The van der Waals surface area contributed by atoms with Crippen molar-refractivity contribution in [3.8, 4) is 5.75 Å². The number of carbonyl (C=O) groups is 1. The van der Waals surface area contributed by atoms with Crippen LogP contribution in [0.1, 0.15) is 64.5 Å². The first-order valence-corrected chi connectivity index (χ1v) is 7.70. The van der Waals surface area contributed by atoms with Crippen molar-refractivity contribution in [3.05, 3.63) is 63.2 Å². The number of phenols is 1. The van der Waals surface area contributed by atoms with Crippen LogP contribution in [0.5, 0.6) is 5.75 Å². The first-order valence-electron chi connectivity index (χ1n) is 7.70. The number of benzene rings is 2. The van der Waals surface area contributed by atoms with Gasteiger partial charge in [-0.25, -0.2) is 0 Å². The molecule has 22 heavy (non-hydrogen) atoms. The number of rotatable bonds is 0. The molecule has 1 N–H and O–H groups in total. The van der Waals surface area contributed by atoms with Gasteiger partial charge in [0.15, 0.2) is 5.78 Å². The lowest BCUT2D eigenvalue weighted by Gasteiger charge is -2.26. The third-order valence-electron chi connectivity index (χ3n) is 4.67. The van der Waals surface area contributed by atoms with Crippen molar-refractivity contribution >= 4 is 5.78 Å². The summed E-state index contributed by atoms with van der Waals surface area (Å²) >= 11 is 0. The highest BCUT2D eigenvalue weighted by Gasteiger charge is 2.29. The summed E-state index contributed by atoms with van der Waals surface area (Å²) < 4.78 is 0. The van der Waals surface area contributed by atoms with Gasteiger partial charge >= 0.3 is 0 Å². The lowest BCUT2D eigenvalue weighted by Crippen LogP contribution is -2.20. The zero-order valence-electron chi connectivity index (χ0n) is 13.9. The lowest BCUT2D eigenvalue weighted by molar-refractivity contribution is 0.103. The highest BCUT2D eigenvalue weighted by Crippen LogP contribution is 2.38. The first-order chi connectivity index (χ1) is 10.2. The largest absolute Gasteiger partial charge is 0.508 e. The highest BCUT2D eigenvalue weighted by molar-refractivity contribution is 6.14. The summed E-state index contributed by atoms with van der Waals surface area (Å²) in [7, 11) is 0. The van der Waals surface area contributed by atoms with Crippen LogP contribution in [-0.4, -0.2) is 10.9 Å². The maximum Gasteiger partial charge on any atom is 0.194 e. The van der Waals surface area contributed by atoms with Crippen molar-refractivity contribution < 1.29 is 9.90 Å². The zero-order valence-corrected chi connectivity index (χ0v) is 13.9. The third-order valence-corrected chi connectivity index (χ3v) is 4.67. The van der Waals surface area contributed by atoms with E-state index in [2.05, 4.69) is 20.8 Å². The second kappa shape index (κ2) is 4.70. The summed E-state index contributed by atoms with van der Waals surface area (Å²) in [6, 6.07) is 7.82. The van der Waals surface area contributed by atoms with Crippen LogP contribution in [0.2, 0.25) is 0 Å². The Hall–Kier alpha value is -2.09. The second-order valence-electron chi connectivity index (χ2n) is 7.33. The molecule has 1 aliphatic rings. The van der Waals surface area contributed by atoms with E-state index in [0.29, 0.717) is 12.0 Å². The Bertz CT molecular complexity index is 792. The predicted octanol–water partition coefficient (Wildman–Crippen LogP) is 4.44. The third kappa shape index (κ3) is 2.14. The Balaban J connectivity index is 2.27. The monoisotopic (exact) mass is 294 g/mol. The molecule has 0 radical (unpaired) electrons. The van der Waals surface area contributed by atoms with Gasteiger partial charge in [0.1, 0.15) is 5.75 Å². The maximum absolute atomic E-state index is 13.0. The van der Waals surface area contributed by atoms with Gasteiger partial charge in [-0.2, -0.15) is 0 Å². The number of fused-ring (bicyclic) bond motifs is 2. The van der Waals surface area contributed by atoms with Crippen LogP contribution in [0.4, 0.5) is 0 Å². The van der Waals surface area contributed by atoms with E-state index in [4.69, 9.17) is 0 Å². The van der Waals surface area contributed by atoms with Gasteiger partial charge in [-0.15, -0.1) is 0 Å². The molecule has 0 bridgehead atoms. The van der Waals surface area contributed by atoms with E-state index in [0.717, 1.165) is 33.4 Å². The number of aryl methyl sites for hydroxylation is 2. The minimum atomic E-state index is -0.102. The molecule has 0 aliphatic heterocycles. The summed E-state index contributed by atoms with van der Waals surface area (Å²) in [6.07, 6.45) is 0.625. The molecule has 0 fully saturated rings. The number of ketones is 1. The molecule has 2 aromatic rings. The molecular weight excluding hydrogens is 272 g/mol. The van der Waals surface area contributed by atoms with Crippen LogP contribution in [0.3, 0.4) is 0 Å². The summed E-state index contributed by atoms with van der Waals surface area (Å²) in [6.45, 7) is 10.3. The van der Waals surface area contributed by atoms with Gasteiger partial charge in [0.05, 0.1) is 0 Å². The van der Waals surface area contributed by atoms with Gasteiger partial charge < -0.3 is 5.11 Å². The van der Waals surface area contributed by atoms with E-state index in [9.17, 15) is 9.90 Å². The van der Waals surface area contributed by atoms with E-state index < -0.39 is 0 Å². The van der Waals surface area contributed by atoms with Gasteiger partial charge in [-0.05, 0) is 53.6 Å². The molecular formula is C20H22O2. The molecule has 2 nitrogen and oxygen atoms in total. The smallest absolute Gasteiger partial charge is 0.194 e. The van der Waals surface area contributed by atoms with Crippen molar-refractivity contribution in [3.63, 3.8) is 0 Å². The molecule has 2 aromatic carbocycles. The molecule has 3 rings (SSSR count). The molecule has 0 atom stereocenters. The van der Waals surface area contributed by atoms with Gasteiger partial charge in [0, 0.05) is 23.1 Å². The molecule has 0 amide bonds. The first kappa shape index (κ1) is 14.8. The fourth-order valence-corrected chi connectivity index (χ4v) is 3.20. The average molecular weight is 294 g/mol. The van der Waals surface area contributed by atoms with Gasteiger partial charge in [0.25, 0.3) is 0 Å². The molecule has 114 valence electrons. The van der Waals surface area contributed by atoms with Crippen LogP contribution in [0.25, 0.3) is 0 Å². The molecule has 0 saturated heterocycles. The number of hydrogen-bond donors (Lipinski definition) is 1. The number of phenolic OH excluding ortho intramolecular Hbond substituents is 1. The van der Waals surface area contributed by atoms with Crippen molar-refractivity contribution in [1.82, 2.24) is 0 Å². The highest BCUT2D eigenvalue weighted by atomic mass is 16.3. The van der Waals surface area contributed by atoms with E-state index in [1.807, 2.05) is 38.1 Å². The average Bonchev–Trinajstić information content (AvgIpc) is 2.42. The summed E-state index contributed by atoms with van der Waals surface area (Å²) in [4.78, 5) is 13.0. The standard InChI is InChI=1S/C20H22O2/c1-11-6-7-12(2)18-14(11)10-15-16(19(18)22)8-13(9-17(15)21)20(3,4)5/h6-9,21H,10H2,1-5H3. The topological polar surface area (TPSA) is 37.3 Å². The zero-order chi connectivity index (χ0) is 16.2. The Labute approximate surface area is 131 Å². The lowest BCUT2D eigenvalue weighted by atomic mass is 9.77. The summed E-state index contributed by atoms with van der Waals surface area (Å²) in [5.41, 5.74) is 6.30. The second-order valence-corrected chi connectivity index (χ2v) is 7.33. The Morgan fingerprint density at radius 2 is 1.64 bits per heavy atom. The predicted molar refractivity (Wildman–Crippen MR) is 89.0 cm³/mol. The van der Waals surface area contributed by atoms with E-state index in [1.165, 1.54) is 0 Å². The van der Waals surface area contributed by atoms with Crippen LogP contribution in [0.15, 0.2) is 24.3 Å². The fraction of sp³-hybridized carbons (Fsp3) is 0.350. The van der Waals surface area contributed by atoms with Crippen molar-refractivity contribution in [2.45, 2.75) is 46.5 Å². The molecule has 0 aromatic heterocycles. The van der Waals surface area contributed by atoms with Crippen molar-refractivity contribution in [1.29, 1.82) is 0 Å². The Morgan fingerprint density at radius 1 is 1.00 bits per heavy atom. The Morgan fingerprint density at radius 3 is 2.27 bits per heavy atom. The maximum atomic E-state index is 13.0. The van der Waals surface area contributed by atoms with Gasteiger partial charge in [-0.1, -0.05) is 32.9 Å². The molecule has 0 spiro atoms. The van der Waals surface area contributed by atoms with Crippen LogP contribution < -0.4 is 0 Å². The Kier molecular flexibility index (Phi) is 3.17.